The maximum absolute atomic E-state index is 11.3. The molecule has 0 aliphatic heterocycles. The molecule has 1 atom stereocenters. The third-order valence-corrected chi connectivity index (χ3v) is 2.29. The van der Waals surface area contributed by atoms with E-state index in [1.165, 1.54) is 0 Å². The Balaban J connectivity index is 2.46. The van der Waals surface area contributed by atoms with Crippen molar-refractivity contribution in [2.75, 3.05) is 7.11 Å². The molecule has 3 heteroatoms. The molecule has 0 bridgehead atoms. The smallest absolute Gasteiger partial charge is 0.191 e. The Morgan fingerprint density at radius 2 is 2.31 bits per heavy atom. The SMILES string of the molecule is COc1ccc2c(c1)CC(O)C2=O. The Kier molecular flexibility index (Phi) is 1.81. The molecule has 1 aliphatic carbocycles. The Labute approximate surface area is 76.0 Å². The third-order valence-electron chi connectivity index (χ3n) is 2.29. The summed E-state index contributed by atoms with van der Waals surface area (Å²) in [5.41, 5.74) is 1.49. The summed E-state index contributed by atoms with van der Waals surface area (Å²) in [7, 11) is 1.58. The Morgan fingerprint density at radius 1 is 1.54 bits per heavy atom. The van der Waals surface area contributed by atoms with E-state index in [9.17, 15) is 9.90 Å². The molecule has 13 heavy (non-hydrogen) atoms. The highest BCUT2D eigenvalue weighted by Gasteiger charge is 2.28. The molecule has 3 nitrogen and oxygen atoms in total. The summed E-state index contributed by atoms with van der Waals surface area (Å²) in [6, 6.07) is 5.23. The van der Waals surface area contributed by atoms with Crippen LogP contribution in [0.1, 0.15) is 15.9 Å². The van der Waals surface area contributed by atoms with Gasteiger partial charge in [0.25, 0.3) is 0 Å². The second-order valence-corrected chi connectivity index (χ2v) is 3.11. The number of aliphatic hydroxyl groups excluding tert-OH is 1. The van der Waals surface area contributed by atoms with Crippen molar-refractivity contribution in [3.63, 3.8) is 0 Å². The molecule has 0 fully saturated rings. The number of methoxy groups -OCH3 is 1. The lowest BCUT2D eigenvalue weighted by Crippen LogP contribution is -2.13. The topological polar surface area (TPSA) is 46.5 Å². The summed E-state index contributed by atoms with van der Waals surface area (Å²) >= 11 is 0. The van der Waals surface area contributed by atoms with E-state index in [0.29, 0.717) is 12.0 Å². The summed E-state index contributed by atoms with van der Waals surface area (Å²) < 4.78 is 5.02. The van der Waals surface area contributed by atoms with Gasteiger partial charge in [-0.1, -0.05) is 0 Å². The summed E-state index contributed by atoms with van der Waals surface area (Å²) in [6.07, 6.45) is -0.451. The highest BCUT2D eigenvalue weighted by molar-refractivity contribution is 6.03. The van der Waals surface area contributed by atoms with Gasteiger partial charge in [0.2, 0.25) is 0 Å². The zero-order valence-corrected chi connectivity index (χ0v) is 7.28. The van der Waals surface area contributed by atoms with Gasteiger partial charge in [-0.15, -0.1) is 0 Å². The van der Waals surface area contributed by atoms with E-state index in [2.05, 4.69) is 0 Å². The molecule has 68 valence electrons. The number of rotatable bonds is 1. The largest absolute Gasteiger partial charge is 0.497 e. The molecule has 0 saturated carbocycles. The number of benzene rings is 1. The lowest BCUT2D eigenvalue weighted by atomic mass is 10.1. The van der Waals surface area contributed by atoms with Crippen LogP contribution in [0.3, 0.4) is 0 Å². The van der Waals surface area contributed by atoms with Gasteiger partial charge in [0.1, 0.15) is 11.9 Å². The number of carbonyl (C=O) groups excluding carboxylic acids is 1. The first-order valence-electron chi connectivity index (χ1n) is 4.11. The molecule has 0 radical (unpaired) electrons. The van der Waals surface area contributed by atoms with Crippen LogP contribution in [-0.4, -0.2) is 24.1 Å². The molecule has 1 aromatic rings. The fraction of sp³-hybridized carbons (Fsp3) is 0.300. The summed E-state index contributed by atoms with van der Waals surface area (Å²) in [5, 5.41) is 9.29. The van der Waals surface area contributed by atoms with Gasteiger partial charge < -0.3 is 9.84 Å². The number of hydrogen-bond acceptors (Lipinski definition) is 3. The molecule has 2 rings (SSSR count). The van der Waals surface area contributed by atoms with E-state index < -0.39 is 6.10 Å². The second-order valence-electron chi connectivity index (χ2n) is 3.11. The van der Waals surface area contributed by atoms with Gasteiger partial charge in [-0.3, -0.25) is 4.79 Å². The minimum atomic E-state index is -0.859. The number of carbonyl (C=O) groups is 1. The first-order valence-corrected chi connectivity index (χ1v) is 4.11. The lowest BCUT2D eigenvalue weighted by molar-refractivity contribution is 0.0780. The number of aliphatic hydroxyl groups is 1. The molecule has 1 aliphatic rings. The third kappa shape index (κ3) is 1.21. The quantitative estimate of drug-likeness (QED) is 0.691. The van der Waals surface area contributed by atoms with Crippen molar-refractivity contribution in [3.05, 3.63) is 29.3 Å². The number of Topliss-reactive ketones (excluding diaryl/α,β-unsaturated/α-hetero) is 1. The molecule has 1 aromatic carbocycles. The van der Waals surface area contributed by atoms with Crippen LogP contribution >= 0.6 is 0 Å². The number of fused-ring (bicyclic) bond motifs is 1. The molecule has 0 aromatic heterocycles. The van der Waals surface area contributed by atoms with Gasteiger partial charge in [-0.25, -0.2) is 0 Å². The van der Waals surface area contributed by atoms with Crippen LogP contribution in [0.4, 0.5) is 0 Å². The van der Waals surface area contributed by atoms with Crippen molar-refractivity contribution in [2.45, 2.75) is 12.5 Å². The van der Waals surface area contributed by atoms with Crippen molar-refractivity contribution in [1.29, 1.82) is 0 Å². The lowest BCUT2D eigenvalue weighted by Gasteiger charge is -2.01. The zero-order chi connectivity index (χ0) is 9.42. The molecule has 0 spiro atoms. The summed E-state index contributed by atoms with van der Waals surface area (Å²) in [6.45, 7) is 0. The van der Waals surface area contributed by atoms with Crippen molar-refractivity contribution in [2.24, 2.45) is 0 Å². The van der Waals surface area contributed by atoms with Crippen molar-refractivity contribution >= 4 is 5.78 Å². The summed E-state index contributed by atoms with van der Waals surface area (Å²) in [4.78, 5) is 11.3. The van der Waals surface area contributed by atoms with Crippen molar-refractivity contribution in [1.82, 2.24) is 0 Å². The molecule has 1 unspecified atom stereocenters. The Hall–Kier alpha value is -1.35. The predicted octanol–water partition coefficient (Wildman–Crippen LogP) is 0.795. The predicted molar refractivity (Wildman–Crippen MR) is 47.0 cm³/mol. The molecule has 0 saturated heterocycles. The van der Waals surface area contributed by atoms with Crippen LogP contribution in [0.15, 0.2) is 18.2 Å². The zero-order valence-electron chi connectivity index (χ0n) is 7.28. The normalized spacial score (nSPS) is 20.2. The maximum Gasteiger partial charge on any atom is 0.191 e. The Morgan fingerprint density at radius 3 is 3.00 bits per heavy atom. The van der Waals surface area contributed by atoms with E-state index in [-0.39, 0.29) is 5.78 Å². The average molecular weight is 178 g/mol. The number of hydrogen-bond donors (Lipinski definition) is 1. The van der Waals surface area contributed by atoms with Crippen LogP contribution in [0.25, 0.3) is 0 Å². The highest BCUT2D eigenvalue weighted by Crippen LogP contribution is 2.26. The van der Waals surface area contributed by atoms with Crippen LogP contribution in [-0.2, 0) is 6.42 Å². The number of ketones is 1. The van der Waals surface area contributed by atoms with Gasteiger partial charge in [0.15, 0.2) is 5.78 Å². The maximum atomic E-state index is 11.3. The van der Waals surface area contributed by atoms with E-state index in [0.717, 1.165) is 11.3 Å². The molecule has 0 heterocycles. The average Bonchev–Trinajstić information content (AvgIpc) is 2.42. The van der Waals surface area contributed by atoms with E-state index in [1.807, 2.05) is 0 Å². The van der Waals surface area contributed by atoms with E-state index >= 15 is 0 Å². The Bertz CT molecular complexity index is 357. The minimum Gasteiger partial charge on any atom is -0.497 e. The fourth-order valence-corrected chi connectivity index (χ4v) is 1.59. The van der Waals surface area contributed by atoms with Gasteiger partial charge in [-0.05, 0) is 23.8 Å². The fourth-order valence-electron chi connectivity index (χ4n) is 1.59. The van der Waals surface area contributed by atoms with Gasteiger partial charge in [0.05, 0.1) is 7.11 Å². The molecular weight excluding hydrogens is 168 g/mol. The second kappa shape index (κ2) is 2.85. The summed E-state index contributed by atoms with van der Waals surface area (Å²) in [5.74, 6) is 0.540. The van der Waals surface area contributed by atoms with Gasteiger partial charge in [0, 0.05) is 12.0 Å². The van der Waals surface area contributed by atoms with Crippen molar-refractivity contribution < 1.29 is 14.6 Å². The minimum absolute atomic E-state index is 0.183. The molecule has 0 amide bonds. The van der Waals surface area contributed by atoms with Gasteiger partial charge >= 0.3 is 0 Å². The molecule has 1 N–H and O–H groups in total. The standard InChI is InChI=1S/C10H10O3/c1-13-7-2-3-8-6(4-7)5-9(11)10(8)12/h2-4,9,11H,5H2,1H3. The van der Waals surface area contributed by atoms with E-state index in [4.69, 9.17) is 4.74 Å². The van der Waals surface area contributed by atoms with Crippen LogP contribution < -0.4 is 4.74 Å². The van der Waals surface area contributed by atoms with Crippen LogP contribution in [0.2, 0.25) is 0 Å². The van der Waals surface area contributed by atoms with Gasteiger partial charge in [-0.2, -0.15) is 0 Å². The first-order chi connectivity index (χ1) is 6.22. The van der Waals surface area contributed by atoms with Crippen LogP contribution in [0, 0.1) is 0 Å². The number of ether oxygens (including phenoxy) is 1. The monoisotopic (exact) mass is 178 g/mol. The van der Waals surface area contributed by atoms with E-state index in [1.54, 1.807) is 25.3 Å². The first kappa shape index (κ1) is 8.26. The highest BCUT2D eigenvalue weighted by atomic mass is 16.5. The van der Waals surface area contributed by atoms with Crippen LogP contribution in [0.5, 0.6) is 5.75 Å². The van der Waals surface area contributed by atoms with Crippen molar-refractivity contribution in [3.8, 4) is 5.75 Å². The molecular formula is C10H10O3.